The van der Waals surface area contributed by atoms with E-state index < -0.39 is 5.82 Å². The monoisotopic (exact) mass is 240 g/mol. The Morgan fingerprint density at radius 1 is 1.53 bits per heavy atom. The first-order valence-electron chi connectivity index (χ1n) is 5.49. The van der Waals surface area contributed by atoms with Crippen molar-refractivity contribution in [2.75, 3.05) is 18.9 Å². The van der Waals surface area contributed by atoms with E-state index in [9.17, 15) is 9.18 Å². The summed E-state index contributed by atoms with van der Waals surface area (Å²) in [4.78, 5) is 11.3. The SMILES string of the molecule is CCCNC(=O)COc1cc(C)c(N)cc1F. The van der Waals surface area contributed by atoms with Gasteiger partial charge in [-0.2, -0.15) is 0 Å². The number of benzene rings is 1. The number of anilines is 1. The summed E-state index contributed by atoms with van der Waals surface area (Å²) in [5, 5.41) is 2.64. The van der Waals surface area contributed by atoms with E-state index in [0.29, 0.717) is 12.2 Å². The van der Waals surface area contributed by atoms with Crippen molar-refractivity contribution in [1.29, 1.82) is 0 Å². The van der Waals surface area contributed by atoms with Crippen LogP contribution in [-0.2, 0) is 4.79 Å². The van der Waals surface area contributed by atoms with E-state index >= 15 is 0 Å². The maximum atomic E-state index is 13.4. The minimum Gasteiger partial charge on any atom is -0.481 e. The average molecular weight is 240 g/mol. The van der Waals surface area contributed by atoms with Crippen molar-refractivity contribution in [3.63, 3.8) is 0 Å². The lowest BCUT2D eigenvalue weighted by Crippen LogP contribution is -2.29. The molecular weight excluding hydrogens is 223 g/mol. The highest BCUT2D eigenvalue weighted by Gasteiger charge is 2.08. The molecular formula is C12H17FN2O2. The van der Waals surface area contributed by atoms with Crippen LogP contribution in [0, 0.1) is 12.7 Å². The molecule has 0 spiro atoms. The van der Waals surface area contributed by atoms with Gasteiger partial charge in [0.15, 0.2) is 18.2 Å². The predicted molar refractivity (Wildman–Crippen MR) is 64.3 cm³/mol. The van der Waals surface area contributed by atoms with Crippen molar-refractivity contribution in [1.82, 2.24) is 5.32 Å². The maximum Gasteiger partial charge on any atom is 0.257 e. The molecule has 0 saturated carbocycles. The van der Waals surface area contributed by atoms with Crippen LogP contribution in [0.3, 0.4) is 0 Å². The zero-order chi connectivity index (χ0) is 12.8. The van der Waals surface area contributed by atoms with Gasteiger partial charge >= 0.3 is 0 Å². The summed E-state index contributed by atoms with van der Waals surface area (Å²) in [5.74, 6) is -0.777. The molecule has 1 rings (SSSR count). The number of amides is 1. The molecule has 0 aromatic heterocycles. The summed E-state index contributed by atoms with van der Waals surface area (Å²) in [6, 6.07) is 2.67. The number of hydrogen-bond donors (Lipinski definition) is 2. The fourth-order valence-corrected chi connectivity index (χ4v) is 1.24. The summed E-state index contributed by atoms with van der Waals surface area (Å²) in [7, 11) is 0. The molecule has 0 radical (unpaired) electrons. The molecule has 0 fully saturated rings. The molecule has 3 N–H and O–H groups in total. The topological polar surface area (TPSA) is 64.3 Å². The van der Waals surface area contributed by atoms with Gasteiger partial charge in [0.25, 0.3) is 5.91 Å². The van der Waals surface area contributed by atoms with Crippen molar-refractivity contribution < 1.29 is 13.9 Å². The second-order valence-electron chi connectivity index (χ2n) is 3.78. The van der Waals surface area contributed by atoms with Gasteiger partial charge in [0.2, 0.25) is 0 Å². The molecule has 0 unspecified atom stereocenters. The van der Waals surface area contributed by atoms with Crippen molar-refractivity contribution in [3.05, 3.63) is 23.5 Å². The van der Waals surface area contributed by atoms with Crippen LogP contribution in [-0.4, -0.2) is 19.1 Å². The minimum atomic E-state index is -0.559. The van der Waals surface area contributed by atoms with Crippen LogP contribution in [0.25, 0.3) is 0 Å². The third-order valence-electron chi connectivity index (χ3n) is 2.25. The van der Waals surface area contributed by atoms with Crippen LogP contribution in [0.5, 0.6) is 5.75 Å². The van der Waals surface area contributed by atoms with E-state index in [1.807, 2.05) is 6.92 Å². The van der Waals surface area contributed by atoms with Crippen LogP contribution in [0.2, 0.25) is 0 Å². The lowest BCUT2D eigenvalue weighted by atomic mass is 10.2. The zero-order valence-corrected chi connectivity index (χ0v) is 10.0. The van der Waals surface area contributed by atoms with Gasteiger partial charge in [-0.3, -0.25) is 4.79 Å². The Bertz CT molecular complexity index is 408. The maximum absolute atomic E-state index is 13.4. The van der Waals surface area contributed by atoms with E-state index in [1.54, 1.807) is 6.92 Å². The fraction of sp³-hybridized carbons (Fsp3) is 0.417. The Hall–Kier alpha value is -1.78. The highest BCUT2D eigenvalue weighted by molar-refractivity contribution is 5.77. The van der Waals surface area contributed by atoms with Crippen LogP contribution in [0.4, 0.5) is 10.1 Å². The number of aryl methyl sites for hydroxylation is 1. The minimum absolute atomic E-state index is 0.0448. The van der Waals surface area contributed by atoms with Crippen LogP contribution >= 0.6 is 0 Å². The molecule has 0 saturated heterocycles. The Kier molecular flexibility index (Phi) is 4.75. The van der Waals surface area contributed by atoms with E-state index in [4.69, 9.17) is 10.5 Å². The fourth-order valence-electron chi connectivity index (χ4n) is 1.24. The van der Waals surface area contributed by atoms with Crippen LogP contribution in [0.15, 0.2) is 12.1 Å². The molecule has 0 atom stereocenters. The molecule has 5 heteroatoms. The first-order chi connectivity index (χ1) is 8.04. The van der Waals surface area contributed by atoms with Gasteiger partial charge < -0.3 is 15.8 Å². The van der Waals surface area contributed by atoms with Gasteiger partial charge in [-0.1, -0.05) is 6.92 Å². The van der Waals surface area contributed by atoms with Crippen molar-refractivity contribution in [2.45, 2.75) is 20.3 Å². The Morgan fingerprint density at radius 2 is 2.24 bits per heavy atom. The summed E-state index contributed by atoms with van der Waals surface area (Å²) in [6.07, 6.45) is 0.848. The second-order valence-corrected chi connectivity index (χ2v) is 3.78. The number of nitrogen functional groups attached to an aromatic ring is 1. The molecule has 1 aromatic rings. The Balaban J connectivity index is 2.57. The second kappa shape index (κ2) is 6.08. The average Bonchev–Trinajstić information content (AvgIpc) is 2.29. The summed E-state index contributed by atoms with van der Waals surface area (Å²) < 4.78 is 18.5. The van der Waals surface area contributed by atoms with Gasteiger partial charge in [0, 0.05) is 18.3 Å². The van der Waals surface area contributed by atoms with Crippen molar-refractivity contribution in [3.8, 4) is 5.75 Å². The molecule has 0 aliphatic carbocycles. The van der Waals surface area contributed by atoms with Crippen LogP contribution < -0.4 is 15.8 Å². The first kappa shape index (κ1) is 13.3. The molecule has 1 amide bonds. The lowest BCUT2D eigenvalue weighted by molar-refractivity contribution is -0.123. The third kappa shape index (κ3) is 3.94. The summed E-state index contributed by atoms with van der Waals surface area (Å²) in [6.45, 7) is 4.09. The normalized spacial score (nSPS) is 10.1. The first-order valence-corrected chi connectivity index (χ1v) is 5.49. The van der Waals surface area contributed by atoms with Gasteiger partial charge in [0.05, 0.1) is 0 Å². The van der Waals surface area contributed by atoms with E-state index in [2.05, 4.69) is 5.32 Å². The number of nitrogens with two attached hydrogens (primary N) is 1. The molecule has 0 aliphatic heterocycles. The number of halogens is 1. The number of nitrogens with one attached hydrogen (secondary N) is 1. The van der Waals surface area contributed by atoms with Crippen molar-refractivity contribution in [2.24, 2.45) is 0 Å². The number of rotatable bonds is 5. The summed E-state index contributed by atoms with van der Waals surface area (Å²) in [5.41, 5.74) is 6.62. The largest absolute Gasteiger partial charge is 0.481 e. The number of carbonyl (C=O) groups excluding carboxylic acids is 1. The van der Waals surface area contributed by atoms with E-state index in [1.165, 1.54) is 12.1 Å². The molecule has 0 heterocycles. The van der Waals surface area contributed by atoms with E-state index in [0.717, 1.165) is 12.0 Å². The molecule has 4 nitrogen and oxygen atoms in total. The number of hydrogen-bond acceptors (Lipinski definition) is 3. The van der Waals surface area contributed by atoms with Gasteiger partial charge in [0.1, 0.15) is 0 Å². The molecule has 1 aromatic carbocycles. The lowest BCUT2D eigenvalue weighted by Gasteiger charge is -2.09. The highest BCUT2D eigenvalue weighted by atomic mass is 19.1. The number of ether oxygens (including phenoxy) is 1. The van der Waals surface area contributed by atoms with Crippen molar-refractivity contribution >= 4 is 11.6 Å². The van der Waals surface area contributed by atoms with Gasteiger partial charge in [-0.25, -0.2) is 4.39 Å². The molecule has 0 aliphatic rings. The Morgan fingerprint density at radius 3 is 2.88 bits per heavy atom. The number of carbonyl (C=O) groups is 1. The zero-order valence-electron chi connectivity index (χ0n) is 10.0. The van der Waals surface area contributed by atoms with Gasteiger partial charge in [-0.05, 0) is 25.0 Å². The van der Waals surface area contributed by atoms with Crippen LogP contribution in [0.1, 0.15) is 18.9 Å². The molecule has 17 heavy (non-hydrogen) atoms. The predicted octanol–water partition coefficient (Wildman–Crippen LogP) is 1.62. The smallest absolute Gasteiger partial charge is 0.257 e. The molecule has 0 bridgehead atoms. The quantitative estimate of drug-likeness (QED) is 0.769. The van der Waals surface area contributed by atoms with E-state index in [-0.39, 0.29) is 18.3 Å². The third-order valence-corrected chi connectivity index (χ3v) is 2.25. The summed E-state index contributed by atoms with van der Waals surface area (Å²) >= 11 is 0. The highest BCUT2D eigenvalue weighted by Crippen LogP contribution is 2.23. The van der Waals surface area contributed by atoms with Gasteiger partial charge in [-0.15, -0.1) is 0 Å². The Labute approximate surface area is 100.0 Å². The molecule has 94 valence electrons. The standard InChI is InChI=1S/C12H17FN2O2/c1-3-4-15-12(16)7-17-11-5-8(2)10(14)6-9(11)13/h5-6H,3-4,7,14H2,1-2H3,(H,15,16).